The van der Waals surface area contributed by atoms with Crippen molar-refractivity contribution in [1.29, 1.82) is 0 Å². The quantitative estimate of drug-likeness (QED) is 0.759. The van der Waals surface area contributed by atoms with Crippen LogP contribution in [0.2, 0.25) is 0 Å². The van der Waals surface area contributed by atoms with E-state index in [1.165, 1.54) is 11.3 Å². The molecule has 6 heteroatoms. The molecule has 4 nitrogen and oxygen atoms in total. The Bertz CT molecular complexity index is 460. The van der Waals surface area contributed by atoms with E-state index in [1.54, 1.807) is 6.07 Å². The lowest BCUT2D eigenvalue weighted by Crippen LogP contribution is -2.53. The molecule has 20 heavy (non-hydrogen) atoms. The van der Waals surface area contributed by atoms with Gasteiger partial charge < -0.3 is 11.1 Å². The third-order valence-corrected chi connectivity index (χ3v) is 4.61. The van der Waals surface area contributed by atoms with Crippen molar-refractivity contribution in [2.45, 2.75) is 38.1 Å². The zero-order valence-electron chi connectivity index (χ0n) is 11.6. The number of nitrogens with one attached hydrogen (secondary N) is 1. The summed E-state index contributed by atoms with van der Waals surface area (Å²) in [6.07, 6.45) is 2.75. The van der Waals surface area contributed by atoms with Gasteiger partial charge >= 0.3 is 0 Å². The SMILES string of the molecule is CC(CN)(NC(=O)CCC(=O)c1cccs1)C1CC1.Cl. The van der Waals surface area contributed by atoms with Gasteiger partial charge in [-0.3, -0.25) is 9.59 Å². The molecule has 1 unspecified atom stereocenters. The molecule has 3 N–H and O–H groups in total. The van der Waals surface area contributed by atoms with Crippen LogP contribution in [-0.4, -0.2) is 23.8 Å². The van der Waals surface area contributed by atoms with Gasteiger partial charge in [0.05, 0.1) is 10.4 Å². The third kappa shape index (κ3) is 4.30. The average Bonchev–Trinajstić information content (AvgIpc) is 3.12. The fourth-order valence-corrected chi connectivity index (χ4v) is 2.90. The van der Waals surface area contributed by atoms with Crippen molar-refractivity contribution in [2.75, 3.05) is 6.54 Å². The van der Waals surface area contributed by atoms with Crippen LogP contribution in [0.1, 0.15) is 42.3 Å². The second-order valence-corrected chi connectivity index (χ2v) is 6.29. The first-order valence-corrected chi connectivity index (χ1v) is 7.51. The van der Waals surface area contributed by atoms with E-state index in [0.717, 1.165) is 17.7 Å². The molecule has 0 aliphatic heterocycles. The summed E-state index contributed by atoms with van der Waals surface area (Å²) in [5, 5.41) is 4.86. The van der Waals surface area contributed by atoms with Crippen LogP contribution in [0.15, 0.2) is 17.5 Å². The van der Waals surface area contributed by atoms with E-state index in [9.17, 15) is 9.59 Å². The average molecular weight is 317 g/mol. The molecule has 1 saturated carbocycles. The monoisotopic (exact) mass is 316 g/mol. The van der Waals surface area contributed by atoms with E-state index < -0.39 is 0 Å². The van der Waals surface area contributed by atoms with Gasteiger partial charge in [-0.05, 0) is 37.1 Å². The van der Waals surface area contributed by atoms with Gasteiger partial charge in [0, 0.05) is 19.4 Å². The van der Waals surface area contributed by atoms with Crippen LogP contribution in [0.25, 0.3) is 0 Å². The summed E-state index contributed by atoms with van der Waals surface area (Å²) in [7, 11) is 0. The van der Waals surface area contributed by atoms with Crippen LogP contribution in [0.4, 0.5) is 0 Å². The Kier molecular flexibility index (Phi) is 6.17. The molecule has 2 rings (SSSR count). The largest absolute Gasteiger partial charge is 0.349 e. The minimum atomic E-state index is -0.303. The third-order valence-electron chi connectivity index (χ3n) is 3.70. The van der Waals surface area contributed by atoms with Crippen LogP contribution in [0, 0.1) is 5.92 Å². The number of halogens is 1. The van der Waals surface area contributed by atoms with Gasteiger partial charge in [-0.25, -0.2) is 0 Å². The number of thiophene rings is 1. The zero-order chi connectivity index (χ0) is 13.9. The number of amides is 1. The highest BCUT2D eigenvalue weighted by Crippen LogP contribution is 2.39. The number of Topliss-reactive ketones (excluding diaryl/α,β-unsaturated/α-hetero) is 1. The summed E-state index contributed by atoms with van der Waals surface area (Å²) in [4.78, 5) is 24.4. The van der Waals surface area contributed by atoms with Crippen LogP contribution in [0.3, 0.4) is 0 Å². The van der Waals surface area contributed by atoms with Gasteiger partial charge in [-0.2, -0.15) is 0 Å². The first-order valence-electron chi connectivity index (χ1n) is 6.63. The highest BCUT2D eigenvalue weighted by molar-refractivity contribution is 7.12. The van der Waals surface area contributed by atoms with Crippen LogP contribution < -0.4 is 11.1 Å². The van der Waals surface area contributed by atoms with Crippen molar-refractivity contribution < 1.29 is 9.59 Å². The second-order valence-electron chi connectivity index (χ2n) is 5.34. The van der Waals surface area contributed by atoms with Crippen LogP contribution in [0.5, 0.6) is 0 Å². The molecule has 0 bridgehead atoms. The number of rotatable bonds is 7. The van der Waals surface area contributed by atoms with Gasteiger partial charge in [0.15, 0.2) is 5.78 Å². The Morgan fingerprint density at radius 3 is 2.65 bits per heavy atom. The van der Waals surface area contributed by atoms with Crippen molar-refractivity contribution in [3.63, 3.8) is 0 Å². The van der Waals surface area contributed by atoms with Gasteiger partial charge in [-0.15, -0.1) is 23.7 Å². The Morgan fingerprint density at radius 2 is 2.15 bits per heavy atom. The summed E-state index contributed by atoms with van der Waals surface area (Å²) in [5.41, 5.74) is 5.45. The van der Waals surface area contributed by atoms with E-state index >= 15 is 0 Å². The van der Waals surface area contributed by atoms with Crippen molar-refractivity contribution >= 4 is 35.4 Å². The van der Waals surface area contributed by atoms with Gasteiger partial charge in [0.25, 0.3) is 0 Å². The highest BCUT2D eigenvalue weighted by atomic mass is 35.5. The number of ketones is 1. The molecule has 1 heterocycles. The molecular formula is C14H21ClN2O2S. The molecule has 1 aromatic rings. The predicted molar refractivity (Wildman–Crippen MR) is 83.5 cm³/mol. The van der Waals surface area contributed by atoms with Gasteiger partial charge in [0.1, 0.15) is 0 Å². The Hall–Kier alpha value is -0.910. The van der Waals surface area contributed by atoms with E-state index in [-0.39, 0.29) is 42.5 Å². The zero-order valence-corrected chi connectivity index (χ0v) is 13.2. The highest BCUT2D eigenvalue weighted by Gasteiger charge is 2.41. The minimum absolute atomic E-state index is 0. The first kappa shape index (κ1) is 17.1. The molecule has 1 amide bonds. The minimum Gasteiger partial charge on any atom is -0.349 e. The standard InChI is InChI=1S/C14H20N2O2S.ClH/c1-14(9-15,10-4-5-10)16-13(18)7-6-11(17)12-3-2-8-19-12;/h2-3,8,10H,4-7,9,15H2,1H3,(H,16,18);1H. The number of carbonyl (C=O) groups is 2. The van der Waals surface area contributed by atoms with Gasteiger partial charge in [-0.1, -0.05) is 6.07 Å². The van der Waals surface area contributed by atoms with E-state index in [4.69, 9.17) is 5.73 Å². The molecule has 1 aliphatic rings. The molecule has 1 atom stereocenters. The summed E-state index contributed by atoms with van der Waals surface area (Å²) in [6.45, 7) is 2.44. The summed E-state index contributed by atoms with van der Waals surface area (Å²) in [6, 6.07) is 3.63. The number of hydrogen-bond donors (Lipinski definition) is 2. The van der Waals surface area contributed by atoms with Crippen molar-refractivity contribution in [1.82, 2.24) is 5.32 Å². The predicted octanol–water partition coefficient (Wildman–Crippen LogP) is 2.38. The molecule has 1 aromatic heterocycles. The molecule has 0 saturated heterocycles. The van der Waals surface area contributed by atoms with Crippen molar-refractivity contribution in [3.05, 3.63) is 22.4 Å². The first-order chi connectivity index (χ1) is 9.05. The summed E-state index contributed by atoms with van der Waals surface area (Å²) in [5.74, 6) is 0.449. The molecule has 1 aliphatic carbocycles. The maximum Gasteiger partial charge on any atom is 0.220 e. The van der Waals surface area contributed by atoms with E-state index in [1.807, 2.05) is 18.4 Å². The fourth-order valence-electron chi connectivity index (χ4n) is 2.21. The fraction of sp³-hybridized carbons (Fsp3) is 0.571. The molecule has 0 spiro atoms. The molecule has 0 aromatic carbocycles. The number of carbonyl (C=O) groups excluding carboxylic acids is 2. The Morgan fingerprint density at radius 1 is 1.45 bits per heavy atom. The molecular weight excluding hydrogens is 296 g/mol. The van der Waals surface area contributed by atoms with Crippen LogP contribution in [-0.2, 0) is 4.79 Å². The molecule has 112 valence electrons. The summed E-state index contributed by atoms with van der Waals surface area (Å²) >= 11 is 1.41. The van der Waals surface area contributed by atoms with Gasteiger partial charge in [0.2, 0.25) is 5.91 Å². The topological polar surface area (TPSA) is 72.2 Å². The lowest BCUT2D eigenvalue weighted by molar-refractivity contribution is -0.123. The maximum absolute atomic E-state index is 11.9. The van der Waals surface area contributed by atoms with E-state index in [2.05, 4.69) is 5.32 Å². The normalized spacial score (nSPS) is 16.9. The maximum atomic E-state index is 11.9. The molecule has 0 radical (unpaired) electrons. The lowest BCUT2D eigenvalue weighted by atomic mass is 9.95. The number of nitrogens with two attached hydrogens (primary N) is 1. The van der Waals surface area contributed by atoms with Crippen molar-refractivity contribution in [3.8, 4) is 0 Å². The van der Waals surface area contributed by atoms with Crippen molar-refractivity contribution in [2.24, 2.45) is 11.7 Å². The number of hydrogen-bond acceptors (Lipinski definition) is 4. The second kappa shape index (κ2) is 7.20. The Balaban J connectivity index is 0.00000200. The Labute approximate surface area is 129 Å². The summed E-state index contributed by atoms with van der Waals surface area (Å²) < 4.78 is 0. The lowest BCUT2D eigenvalue weighted by Gasteiger charge is -2.29. The van der Waals surface area contributed by atoms with E-state index in [0.29, 0.717) is 12.5 Å². The van der Waals surface area contributed by atoms with Crippen LogP contribution >= 0.6 is 23.7 Å². The smallest absolute Gasteiger partial charge is 0.220 e. The molecule has 1 fully saturated rings.